The van der Waals surface area contributed by atoms with E-state index in [-0.39, 0.29) is 11.6 Å². The molecule has 1 heterocycles. The van der Waals surface area contributed by atoms with Crippen molar-refractivity contribution in [3.63, 3.8) is 0 Å². The van der Waals surface area contributed by atoms with Gasteiger partial charge in [-0.1, -0.05) is 24.8 Å². The molecule has 0 unspecified atom stereocenters. The van der Waals surface area contributed by atoms with Gasteiger partial charge in [0.25, 0.3) is 5.91 Å². The lowest BCUT2D eigenvalue weighted by molar-refractivity contribution is -0.114. The first kappa shape index (κ1) is 9.26. The average molecular weight is 202 g/mol. The van der Waals surface area contributed by atoms with Crippen LogP contribution in [0.1, 0.15) is 0 Å². The number of carbonyl (C=O) groups excluding carboxylic acids is 1. The molecule has 1 fully saturated rings. The van der Waals surface area contributed by atoms with E-state index in [0.29, 0.717) is 5.70 Å². The summed E-state index contributed by atoms with van der Waals surface area (Å²) in [7, 11) is 0. The van der Waals surface area contributed by atoms with Crippen LogP contribution in [0.15, 0.2) is 47.7 Å². The van der Waals surface area contributed by atoms with Gasteiger partial charge in [-0.05, 0) is 12.1 Å². The molecule has 15 heavy (non-hydrogen) atoms. The number of hydrogen-bond acceptors (Lipinski definition) is 4. The summed E-state index contributed by atoms with van der Waals surface area (Å²) in [5.41, 5.74) is 9.30. The summed E-state index contributed by atoms with van der Waals surface area (Å²) in [5, 5.41) is 3.95. The van der Waals surface area contributed by atoms with Gasteiger partial charge in [-0.2, -0.15) is 5.10 Å². The zero-order valence-corrected chi connectivity index (χ0v) is 7.95. The summed E-state index contributed by atoms with van der Waals surface area (Å²) in [4.78, 5) is 11.2. The second-order valence-electron chi connectivity index (χ2n) is 3.00. The Morgan fingerprint density at radius 2 is 1.93 bits per heavy atom. The molecular weight excluding hydrogens is 192 g/mol. The molecule has 2 rings (SSSR count). The summed E-state index contributed by atoms with van der Waals surface area (Å²) in [6.45, 7) is 3.63. The first-order valence-electron chi connectivity index (χ1n) is 4.42. The van der Waals surface area contributed by atoms with E-state index in [1.165, 1.54) is 0 Å². The van der Waals surface area contributed by atoms with Crippen molar-refractivity contribution in [2.75, 3.05) is 5.43 Å². The van der Waals surface area contributed by atoms with E-state index in [0.717, 1.165) is 5.69 Å². The van der Waals surface area contributed by atoms with Crippen LogP contribution in [0.2, 0.25) is 0 Å². The number of hydrogen-bond donors (Lipinski definition) is 3. The zero-order chi connectivity index (χ0) is 10.7. The van der Waals surface area contributed by atoms with E-state index in [2.05, 4.69) is 28.0 Å². The van der Waals surface area contributed by atoms with E-state index in [9.17, 15) is 4.79 Å². The minimum absolute atomic E-state index is 0.263. The lowest BCUT2D eigenvalue weighted by Gasteiger charge is -1.99. The molecule has 1 aliphatic rings. The Balaban J connectivity index is 2.12. The van der Waals surface area contributed by atoms with Crippen molar-refractivity contribution in [1.29, 1.82) is 0 Å². The van der Waals surface area contributed by atoms with Gasteiger partial charge in [0, 0.05) is 0 Å². The van der Waals surface area contributed by atoms with Crippen LogP contribution in [0.5, 0.6) is 0 Å². The Labute approximate surface area is 86.8 Å². The summed E-state index contributed by atoms with van der Waals surface area (Å²) in [6.07, 6.45) is 0. The number of benzene rings is 1. The van der Waals surface area contributed by atoms with Gasteiger partial charge in [0.15, 0.2) is 5.71 Å². The maximum atomic E-state index is 11.2. The van der Waals surface area contributed by atoms with Crippen molar-refractivity contribution in [1.82, 2.24) is 10.9 Å². The molecule has 5 nitrogen and oxygen atoms in total. The van der Waals surface area contributed by atoms with E-state index in [1.807, 2.05) is 30.3 Å². The molecule has 76 valence electrons. The number of carbonyl (C=O) groups is 1. The fourth-order valence-corrected chi connectivity index (χ4v) is 1.14. The molecule has 0 saturated carbocycles. The highest BCUT2D eigenvalue weighted by Crippen LogP contribution is 2.06. The van der Waals surface area contributed by atoms with E-state index < -0.39 is 0 Å². The second-order valence-corrected chi connectivity index (χ2v) is 3.00. The van der Waals surface area contributed by atoms with Crippen LogP contribution < -0.4 is 16.3 Å². The number of hydrazone groups is 1. The van der Waals surface area contributed by atoms with Gasteiger partial charge >= 0.3 is 0 Å². The fourth-order valence-electron chi connectivity index (χ4n) is 1.14. The summed E-state index contributed by atoms with van der Waals surface area (Å²) < 4.78 is 0. The first-order chi connectivity index (χ1) is 7.27. The number of para-hydroxylation sites is 1. The van der Waals surface area contributed by atoms with Crippen molar-refractivity contribution >= 4 is 17.3 Å². The molecule has 0 atom stereocenters. The molecular formula is C10H10N4O. The zero-order valence-electron chi connectivity index (χ0n) is 7.95. The van der Waals surface area contributed by atoms with Crippen LogP contribution in [0.3, 0.4) is 0 Å². The van der Waals surface area contributed by atoms with Crippen LogP contribution in [-0.4, -0.2) is 11.6 Å². The number of amides is 1. The van der Waals surface area contributed by atoms with Crippen molar-refractivity contribution < 1.29 is 4.79 Å². The van der Waals surface area contributed by atoms with Crippen molar-refractivity contribution in [2.45, 2.75) is 0 Å². The Morgan fingerprint density at radius 1 is 1.20 bits per heavy atom. The van der Waals surface area contributed by atoms with Gasteiger partial charge in [-0.15, -0.1) is 0 Å². The third kappa shape index (κ3) is 1.96. The van der Waals surface area contributed by atoms with Crippen molar-refractivity contribution in [3.8, 4) is 0 Å². The van der Waals surface area contributed by atoms with Gasteiger partial charge in [0.2, 0.25) is 0 Å². The SMILES string of the molecule is C=C1NNC(=O)C1=NNc1ccccc1. The number of nitrogens with zero attached hydrogens (tertiary/aromatic N) is 1. The highest BCUT2D eigenvalue weighted by atomic mass is 16.2. The predicted octanol–water partition coefficient (Wildman–Crippen LogP) is 0.603. The molecule has 5 heteroatoms. The van der Waals surface area contributed by atoms with Gasteiger partial charge in [0.05, 0.1) is 11.4 Å². The Kier molecular flexibility index (Phi) is 2.37. The van der Waals surface area contributed by atoms with Gasteiger partial charge in [-0.25, -0.2) is 0 Å². The molecule has 1 aliphatic heterocycles. The summed E-state index contributed by atoms with van der Waals surface area (Å²) in [5.74, 6) is -0.288. The molecule has 0 bridgehead atoms. The molecule has 0 spiro atoms. The standard InChI is InChI=1S/C10H10N4O/c1-7-9(10(15)14-11-7)13-12-8-5-3-2-4-6-8/h2-6,11-12H,1H2,(H,14,15). The third-order valence-corrected chi connectivity index (χ3v) is 1.90. The Hall–Kier alpha value is -2.30. The van der Waals surface area contributed by atoms with Crippen LogP contribution in [0, 0.1) is 0 Å². The van der Waals surface area contributed by atoms with Crippen molar-refractivity contribution in [2.24, 2.45) is 5.10 Å². The predicted molar refractivity (Wildman–Crippen MR) is 57.9 cm³/mol. The Bertz CT molecular complexity index is 406. The summed E-state index contributed by atoms with van der Waals surface area (Å²) >= 11 is 0. The minimum Gasteiger partial charge on any atom is -0.296 e. The quantitative estimate of drug-likeness (QED) is 0.615. The molecule has 1 aromatic carbocycles. The molecule has 1 amide bonds. The van der Waals surface area contributed by atoms with Crippen LogP contribution in [0.25, 0.3) is 0 Å². The van der Waals surface area contributed by atoms with Gasteiger partial charge < -0.3 is 0 Å². The van der Waals surface area contributed by atoms with Gasteiger partial charge in [0.1, 0.15) is 0 Å². The van der Waals surface area contributed by atoms with Gasteiger partial charge in [-0.3, -0.25) is 21.1 Å². The van der Waals surface area contributed by atoms with E-state index >= 15 is 0 Å². The van der Waals surface area contributed by atoms with E-state index in [1.54, 1.807) is 0 Å². The largest absolute Gasteiger partial charge is 0.296 e. The Morgan fingerprint density at radius 3 is 2.53 bits per heavy atom. The first-order valence-corrected chi connectivity index (χ1v) is 4.42. The highest BCUT2D eigenvalue weighted by molar-refractivity contribution is 6.46. The minimum atomic E-state index is -0.288. The topological polar surface area (TPSA) is 65.5 Å². The number of anilines is 1. The summed E-state index contributed by atoms with van der Waals surface area (Å²) in [6, 6.07) is 9.37. The molecule has 0 radical (unpaired) electrons. The maximum Gasteiger partial charge on any atom is 0.292 e. The molecule has 0 aliphatic carbocycles. The monoisotopic (exact) mass is 202 g/mol. The van der Waals surface area contributed by atoms with Crippen LogP contribution in [-0.2, 0) is 4.79 Å². The molecule has 0 aromatic heterocycles. The normalized spacial score (nSPS) is 17.5. The second kappa shape index (κ2) is 3.83. The molecule has 1 saturated heterocycles. The molecule has 3 N–H and O–H groups in total. The lowest BCUT2D eigenvalue weighted by atomic mass is 10.3. The maximum absolute atomic E-state index is 11.2. The number of rotatable bonds is 2. The van der Waals surface area contributed by atoms with Crippen LogP contribution >= 0.6 is 0 Å². The fraction of sp³-hybridized carbons (Fsp3) is 0. The lowest BCUT2D eigenvalue weighted by Crippen LogP contribution is -2.25. The van der Waals surface area contributed by atoms with Crippen molar-refractivity contribution in [3.05, 3.63) is 42.6 Å². The average Bonchev–Trinajstić information content (AvgIpc) is 2.58. The number of hydrazine groups is 1. The molecule has 1 aromatic rings. The van der Waals surface area contributed by atoms with Crippen LogP contribution in [0.4, 0.5) is 5.69 Å². The number of nitrogens with one attached hydrogen (secondary N) is 3. The third-order valence-electron chi connectivity index (χ3n) is 1.90. The smallest absolute Gasteiger partial charge is 0.292 e. The highest BCUT2D eigenvalue weighted by Gasteiger charge is 2.21. The van der Waals surface area contributed by atoms with E-state index in [4.69, 9.17) is 0 Å².